The fourth-order valence-electron chi connectivity index (χ4n) is 2.35. The highest BCUT2D eigenvalue weighted by molar-refractivity contribution is 6.22. The Hall–Kier alpha value is -1.72. The highest BCUT2D eigenvalue weighted by atomic mass is 16.5. The third kappa shape index (κ3) is 2.27. The van der Waals surface area contributed by atoms with Crippen molar-refractivity contribution in [3.63, 3.8) is 0 Å². The smallest absolute Gasteiger partial charge is 0.261 e. The number of aryl methyl sites for hydroxylation is 2. The molecule has 2 amide bonds. The molecule has 0 aromatic heterocycles. The van der Waals surface area contributed by atoms with E-state index in [4.69, 9.17) is 4.74 Å². The van der Waals surface area contributed by atoms with Crippen LogP contribution in [-0.4, -0.2) is 48.2 Å². The number of amides is 2. The zero-order chi connectivity index (χ0) is 14.2. The van der Waals surface area contributed by atoms with Gasteiger partial charge in [-0.2, -0.15) is 0 Å². The zero-order valence-electron chi connectivity index (χ0n) is 11.3. The van der Waals surface area contributed by atoms with Gasteiger partial charge in [0.1, 0.15) is 0 Å². The number of hydrogen-bond donors (Lipinski definition) is 1. The molecule has 1 N–H and O–H groups in total. The summed E-state index contributed by atoms with van der Waals surface area (Å²) in [5, 5.41) is 9.69. The van der Waals surface area contributed by atoms with Gasteiger partial charge in [0.05, 0.1) is 30.4 Å². The fourth-order valence-corrected chi connectivity index (χ4v) is 2.35. The van der Waals surface area contributed by atoms with Gasteiger partial charge in [-0.05, 0) is 25.0 Å². The third-order valence-corrected chi connectivity index (χ3v) is 3.29. The van der Waals surface area contributed by atoms with E-state index in [1.165, 1.54) is 7.11 Å². The van der Waals surface area contributed by atoms with E-state index in [2.05, 4.69) is 0 Å². The summed E-state index contributed by atoms with van der Waals surface area (Å²) in [5.74, 6) is -0.673. The number of hydrogen-bond acceptors (Lipinski definition) is 4. The number of aliphatic hydroxyl groups is 1. The maximum Gasteiger partial charge on any atom is 0.261 e. The van der Waals surface area contributed by atoms with Crippen LogP contribution in [0.1, 0.15) is 31.8 Å². The molecule has 0 fully saturated rings. The van der Waals surface area contributed by atoms with Gasteiger partial charge in [-0.3, -0.25) is 14.5 Å². The molecule has 0 spiro atoms. The van der Waals surface area contributed by atoms with Crippen molar-refractivity contribution in [2.24, 2.45) is 0 Å². The standard InChI is InChI=1S/C14H17NO4/c1-8-4-5-9(2)12-11(8)13(17)15(14(12)18)6-10(16)7-19-3/h4-5,10,16H,6-7H2,1-3H3. The molecule has 0 saturated carbocycles. The van der Waals surface area contributed by atoms with Crippen LogP contribution >= 0.6 is 0 Å². The van der Waals surface area contributed by atoms with Crippen LogP contribution in [0.2, 0.25) is 0 Å². The van der Waals surface area contributed by atoms with Crippen molar-refractivity contribution in [2.45, 2.75) is 20.0 Å². The monoisotopic (exact) mass is 263 g/mol. The molecule has 19 heavy (non-hydrogen) atoms. The van der Waals surface area contributed by atoms with Crippen molar-refractivity contribution >= 4 is 11.8 Å². The van der Waals surface area contributed by atoms with Crippen LogP contribution in [0.3, 0.4) is 0 Å². The van der Waals surface area contributed by atoms with Crippen molar-refractivity contribution < 1.29 is 19.4 Å². The number of rotatable bonds is 4. The number of nitrogens with zero attached hydrogens (tertiary/aromatic N) is 1. The van der Waals surface area contributed by atoms with E-state index < -0.39 is 6.10 Å². The summed E-state index contributed by atoms with van der Waals surface area (Å²) in [6, 6.07) is 3.66. The van der Waals surface area contributed by atoms with Crippen LogP contribution in [0.4, 0.5) is 0 Å². The lowest BCUT2D eigenvalue weighted by molar-refractivity contribution is 0.0323. The molecule has 1 atom stereocenters. The summed E-state index contributed by atoms with van der Waals surface area (Å²) < 4.78 is 4.81. The van der Waals surface area contributed by atoms with Gasteiger partial charge in [0.2, 0.25) is 0 Å². The number of fused-ring (bicyclic) bond motifs is 1. The third-order valence-electron chi connectivity index (χ3n) is 3.29. The number of aliphatic hydroxyl groups excluding tert-OH is 1. The predicted molar refractivity (Wildman–Crippen MR) is 69.2 cm³/mol. The van der Waals surface area contributed by atoms with Gasteiger partial charge in [-0.15, -0.1) is 0 Å². The predicted octanol–water partition coefficient (Wildman–Crippen LogP) is 0.907. The molecule has 1 aromatic rings. The topological polar surface area (TPSA) is 66.8 Å². The molecule has 1 aliphatic rings. The average molecular weight is 263 g/mol. The quantitative estimate of drug-likeness (QED) is 0.820. The number of methoxy groups -OCH3 is 1. The number of imide groups is 1. The minimum Gasteiger partial charge on any atom is -0.389 e. The number of ether oxygens (including phenoxy) is 1. The second kappa shape index (κ2) is 5.11. The molecular weight excluding hydrogens is 246 g/mol. The second-order valence-corrected chi connectivity index (χ2v) is 4.78. The summed E-state index contributed by atoms with van der Waals surface area (Å²) in [4.78, 5) is 25.6. The summed E-state index contributed by atoms with van der Waals surface area (Å²) in [6.07, 6.45) is -0.868. The van der Waals surface area contributed by atoms with E-state index in [9.17, 15) is 14.7 Å². The lowest BCUT2D eigenvalue weighted by Crippen LogP contribution is -2.38. The Morgan fingerprint density at radius 3 is 2.05 bits per heavy atom. The molecule has 1 unspecified atom stereocenters. The van der Waals surface area contributed by atoms with E-state index in [0.717, 1.165) is 16.0 Å². The Morgan fingerprint density at radius 2 is 1.63 bits per heavy atom. The molecule has 0 aliphatic carbocycles. The zero-order valence-corrected chi connectivity index (χ0v) is 11.3. The van der Waals surface area contributed by atoms with Crippen LogP contribution in [0.25, 0.3) is 0 Å². The van der Waals surface area contributed by atoms with E-state index in [1.54, 1.807) is 13.8 Å². The average Bonchev–Trinajstić information content (AvgIpc) is 2.60. The lowest BCUT2D eigenvalue weighted by atomic mass is 9.99. The molecule has 1 heterocycles. The SMILES string of the molecule is COCC(O)CN1C(=O)c2c(C)ccc(C)c2C1=O. The summed E-state index contributed by atoms with van der Waals surface area (Å²) in [7, 11) is 1.46. The summed E-state index contributed by atoms with van der Waals surface area (Å²) in [5.41, 5.74) is 2.47. The van der Waals surface area contributed by atoms with Crippen molar-refractivity contribution in [2.75, 3.05) is 20.3 Å². The molecule has 5 heteroatoms. The molecule has 0 saturated heterocycles. The van der Waals surface area contributed by atoms with E-state index in [-0.39, 0.29) is 25.0 Å². The van der Waals surface area contributed by atoms with E-state index in [0.29, 0.717) is 11.1 Å². The highest BCUT2D eigenvalue weighted by Crippen LogP contribution is 2.28. The van der Waals surface area contributed by atoms with Crippen molar-refractivity contribution in [1.82, 2.24) is 4.90 Å². The molecule has 1 aromatic carbocycles. The van der Waals surface area contributed by atoms with Gasteiger partial charge in [-0.1, -0.05) is 12.1 Å². The normalized spacial score (nSPS) is 15.9. The fraction of sp³-hybridized carbons (Fsp3) is 0.429. The first-order valence-electron chi connectivity index (χ1n) is 6.10. The Balaban J connectivity index is 2.34. The summed E-state index contributed by atoms with van der Waals surface area (Å²) >= 11 is 0. The van der Waals surface area contributed by atoms with Crippen molar-refractivity contribution in [1.29, 1.82) is 0 Å². The number of β-amino-alcohol motifs (C(OH)–C–C–N with tert-alkyl or cyclic N) is 1. The van der Waals surface area contributed by atoms with Crippen LogP contribution in [0, 0.1) is 13.8 Å². The minimum atomic E-state index is -0.868. The molecular formula is C14H17NO4. The van der Waals surface area contributed by atoms with Gasteiger partial charge < -0.3 is 9.84 Å². The molecule has 0 bridgehead atoms. The van der Waals surface area contributed by atoms with Crippen LogP contribution in [-0.2, 0) is 4.74 Å². The van der Waals surface area contributed by atoms with Gasteiger partial charge in [0, 0.05) is 7.11 Å². The lowest BCUT2D eigenvalue weighted by Gasteiger charge is -2.17. The van der Waals surface area contributed by atoms with E-state index >= 15 is 0 Å². The molecule has 0 radical (unpaired) electrons. The van der Waals surface area contributed by atoms with Gasteiger partial charge in [0.25, 0.3) is 11.8 Å². The summed E-state index contributed by atoms with van der Waals surface area (Å²) in [6.45, 7) is 3.65. The molecule has 102 valence electrons. The second-order valence-electron chi connectivity index (χ2n) is 4.78. The number of benzene rings is 1. The van der Waals surface area contributed by atoms with Crippen LogP contribution < -0.4 is 0 Å². The first-order chi connectivity index (χ1) is 8.97. The Kier molecular flexibility index (Phi) is 3.68. The maximum atomic E-state index is 12.3. The first kappa shape index (κ1) is 13.7. The molecule has 5 nitrogen and oxygen atoms in total. The largest absolute Gasteiger partial charge is 0.389 e. The number of carbonyl (C=O) groups is 2. The Bertz CT molecular complexity index is 497. The minimum absolute atomic E-state index is 0.0426. The highest BCUT2D eigenvalue weighted by Gasteiger charge is 2.38. The Labute approximate surface area is 111 Å². The number of carbonyl (C=O) groups excluding carboxylic acids is 2. The van der Waals surface area contributed by atoms with E-state index in [1.807, 2.05) is 12.1 Å². The van der Waals surface area contributed by atoms with Gasteiger partial charge in [0.15, 0.2) is 0 Å². The molecule has 1 aliphatic heterocycles. The maximum absolute atomic E-state index is 12.3. The first-order valence-corrected chi connectivity index (χ1v) is 6.10. The van der Waals surface area contributed by atoms with Crippen molar-refractivity contribution in [3.8, 4) is 0 Å². The molecule has 2 rings (SSSR count). The van der Waals surface area contributed by atoms with Crippen LogP contribution in [0.5, 0.6) is 0 Å². The van der Waals surface area contributed by atoms with Crippen molar-refractivity contribution in [3.05, 3.63) is 34.4 Å². The van der Waals surface area contributed by atoms with Gasteiger partial charge in [-0.25, -0.2) is 0 Å². The Morgan fingerprint density at radius 1 is 1.16 bits per heavy atom. The van der Waals surface area contributed by atoms with Crippen LogP contribution in [0.15, 0.2) is 12.1 Å². The van der Waals surface area contributed by atoms with Gasteiger partial charge >= 0.3 is 0 Å².